The third-order valence-electron chi connectivity index (χ3n) is 2.02. The van der Waals surface area contributed by atoms with Gasteiger partial charge in [-0.05, 0) is 25.0 Å². The van der Waals surface area contributed by atoms with Crippen LogP contribution in [0.4, 0.5) is 4.39 Å². The Balaban J connectivity index is 0.000000720. The standard InChI is InChI=1S/C8H9FN2.2ClH/c9-6-2-1-5-11-7(6)8(10)3-4-8;;/h1-2,5H,3-4,10H2;2*1H. The summed E-state index contributed by atoms with van der Waals surface area (Å²) in [6.45, 7) is 0. The van der Waals surface area contributed by atoms with Gasteiger partial charge in [0, 0.05) is 6.20 Å². The third-order valence-corrected chi connectivity index (χ3v) is 2.02. The van der Waals surface area contributed by atoms with Crippen molar-refractivity contribution in [2.75, 3.05) is 0 Å². The first-order valence-corrected chi connectivity index (χ1v) is 3.62. The minimum Gasteiger partial charge on any atom is -0.320 e. The van der Waals surface area contributed by atoms with Crippen molar-refractivity contribution in [2.45, 2.75) is 18.4 Å². The van der Waals surface area contributed by atoms with Crippen LogP contribution in [0.15, 0.2) is 18.3 Å². The number of nitrogens with zero attached hydrogens (tertiary/aromatic N) is 1. The number of pyridine rings is 1. The van der Waals surface area contributed by atoms with Crippen molar-refractivity contribution in [3.8, 4) is 0 Å². The Hall–Kier alpha value is -0.380. The number of rotatable bonds is 1. The summed E-state index contributed by atoms with van der Waals surface area (Å²) in [7, 11) is 0. The van der Waals surface area contributed by atoms with Gasteiger partial charge in [0.2, 0.25) is 0 Å². The van der Waals surface area contributed by atoms with Crippen LogP contribution in [0.3, 0.4) is 0 Å². The molecule has 1 aliphatic rings. The Bertz CT molecular complexity index is 289. The zero-order valence-electron chi connectivity index (χ0n) is 6.87. The lowest BCUT2D eigenvalue weighted by Crippen LogP contribution is -2.21. The minimum absolute atomic E-state index is 0. The lowest BCUT2D eigenvalue weighted by molar-refractivity contribution is 0.561. The Morgan fingerprint density at radius 1 is 1.38 bits per heavy atom. The number of halogens is 3. The molecule has 0 aliphatic heterocycles. The van der Waals surface area contributed by atoms with Crippen molar-refractivity contribution in [1.82, 2.24) is 4.98 Å². The monoisotopic (exact) mass is 224 g/mol. The summed E-state index contributed by atoms with van der Waals surface area (Å²) < 4.78 is 13.0. The molecule has 2 nitrogen and oxygen atoms in total. The summed E-state index contributed by atoms with van der Waals surface area (Å²) >= 11 is 0. The quantitative estimate of drug-likeness (QED) is 0.793. The second kappa shape index (κ2) is 4.22. The molecule has 0 radical (unpaired) electrons. The first-order chi connectivity index (χ1) is 5.22. The molecule has 1 heterocycles. The molecule has 0 atom stereocenters. The highest BCUT2D eigenvalue weighted by Crippen LogP contribution is 2.42. The van der Waals surface area contributed by atoms with Gasteiger partial charge in [0.1, 0.15) is 5.82 Å². The van der Waals surface area contributed by atoms with Gasteiger partial charge >= 0.3 is 0 Å². The molecule has 13 heavy (non-hydrogen) atoms. The minimum atomic E-state index is -0.453. The second-order valence-electron chi connectivity index (χ2n) is 2.99. The molecule has 0 amide bonds. The molecule has 1 saturated carbocycles. The summed E-state index contributed by atoms with van der Waals surface area (Å²) in [5.41, 5.74) is 5.73. The van der Waals surface area contributed by atoms with E-state index in [0.717, 1.165) is 12.8 Å². The molecular weight excluding hydrogens is 214 g/mol. The molecule has 0 bridgehead atoms. The molecule has 0 unspecified atom stereocenters. The van der Waals surface area contributed by atoms with Crippen molar-refractivity contribution in [3.63, 3.8) is 0 Å². The molecule has 5 heteroatoms. The van der Waals surface area contributed by atoms with Crippen LogP contribution in [0.2, 0.25) is 0 Å². The Morgan fingerprint density at radius 2 is 2.00 bits per heavy atom. The van der Waals surface area contributed by atoms with Gasteiger partial charge < -0.3 is 5.73 Å². The normalized spacial score (nSPS) is 16.8. The predicted molar refractivity (Wildman–Crippen MR) is 53.8 cm³/mol. The third kappa shape index (κ3) is 2.30. The van der Waals surface area contributed by atoms with Crippen LogP contribution in [0.1, 0.15) is 18.5 Å². The highest BCUT2D eigenvalue weighted by molar-refractivity contribution is 5.85. The maximum atomic E-state index is 13.0. The fourth-order valence-electron chi connectivity index (χ4n) is 1.12. The van der Waals surface area contributed by atoms with Crippen LogP contribution in [-0.2, 0) is 5.54 Å². The summed E-state index contributed by atoms with van der Waals surface area (Å²) in [5.74, 6) is -0.285. The smallest absolute Gasteiger partial charge is 0.146 e. The Kier molecular flexibility index (Phi) is 4.10. The molecule has 1 fully saturated rings. The van der Waals surface area contributed by atoms with E-state index >= 15 is 0 Å². The molecular formula is C8H11Cl2FN2. The molecule has 1 aromatic rings. The van der Waals surface area contributed by atoms with E-state index in [9.17, 15) is 4.39 Å². The number of hydrogen-bond acceptors (Lipinski definition) is 2. The molecule has 1 aliphatic carbocycles. The predicted octanol–water partition coefficient (Wildman–Crippen LogP) is 2.01. The largest absolute Gasteiger partial charge is 0.320 e. The maximum absolute atomic E-state index is 13.0. The summed E-state index contributed by atoms with van der Waals surface area (Å²) in [6.07, 6.45) is 3.27. The molecule has 0 aromatic carbocycles. The van der Waals surface area contributed by atoms with Crippen molar-refractivity contribution in [3.05, 3.63) is 29.8 Å². The van der Waals surface area contributed by atoms with Gasteiger partial charge in [-0.1, -0.05) is 0 Å². The van der Waals surface area contributed by atoms with E-state index in [-0.39, 0.29) is 30.6 Å². The van der Waals surface area contributed by atoms with Crippen LogP contribution in [-0.4, -0.2) is 4.98 Å². The van der Waals surface area contributed by atoms with Crippen molar-refractivity contribution >= 4 is 24.8 Å². The van der Waals surface area contributed by atoms with Gasteiger partial charge in [-0.2, -0.15) is 0 Å². The molecule has 2 N–H and O–H groups in total. The van der Waals surface area contributed by atoms with E-state index in [2.05, 4.69) is 4.98 Å². The van der Waals surface area contributed by atoms with Crippen LogP contribution in [0, 0.1) is 5.82 Å². The SMILES string of the molecule is Cl.Cl.NC1(c2ncccc2F)CC1. The van der Waals surface area contributed by atoms with E-state index in [4.69, 9.17) is 5.73 Å². The van der Waals surface area contributed by atoms with Gasteiger partial charge in [-0.3, -0.25) is 4.98 Å². The van der Waals surface area contributed by atoms with Gasteiger partial charge in [0.15, 0.2) is 0 Å². The summed E-state index contributed by atoms with van der Waals surface area (Å²) in [6, 6.07) is 2.97. The zero-order valence-corrected chi connectivity index (χ0v) is 8.50. The van der Waals surface area contributed by atoms with Gasteiger partial charge in [0.25, 0.3) is 0 Å². The highest BCUT2D eigenvalue weighted by Gasteiger charge is 2.43. The highest BCUT2D eigenvalue weighted by atomic mass is 35.5. The zero-order chi connectivity index (χ0) is 7.90. The van der Waals surface area contributed by atoms with Crippen LogP contribution in [0.25, 0.3) is 0 Å². The summed E-state index contributed by atoms with van der Waals surface area (Å²) in [5, 5.41) is 0. The molecule has 0 spiro atoms. The van der Waals surface area contributed by atoms with Crippen LogP contribution in [0.5, 0.6) is 0 Å². The van der Waals surface area contributed by atoms with E-state index in [1.54, 1.807) is 12.3 Å². The van der Waals surface area contributed by atoms with Crippen molar-refractivity contribution < 1.29 is 4.39 Å². The first-order valence-electron chi connectivity index (χ1n) is 3.62. The number of hydrogen-bond donors (Lipinski definition) is 1. The molecule has 1 aromatic heterocycles. The molecule has 0 saturated heterocycles. The summed E-state index contributed by atoms with van der Waals surface area (Å²) in [4.78, 5) is 3.91. The second-order valence-corrected chi connectivity index (χ2v) is 2.99. The van der Waals surface area contributed by atoms with Gasteiger partial charge in [0.05, 0.1) is 11.2 Å². The lowest BCUT2D eigenvalue weighted by Gasteiger charge is -2.07. The first kappa shape index (κ1) is 12.6. The maximum Gasteiger partial charge on any atom is 0.146 e. The fraction of sp³-hybridized carbons (Fsp3) is 0.375. The average molecular weight is 225 g/mol. The molecule has 74 valence electrons. The van der Waals surface area contributed by atoms with E-state index < -0.39 is 5.54 Å². The van der Waals surface area contributed by atoms with Crippen molar-refractivity contribution in [1.29, 1.82) is 0 Å². The van der Waals surface area contributed by atoms with E-state index in [0.29, 0.717) is 5.69 Å². The van der Waals surface area contributed by atoms with Crippen molar-refractivity contribution in [2.24, 2.45) is 5.73 Å². The Labute approximate surface area is 88.6 Å². The average Bonchev–Trinajstić information content (AvgIpc) is 2.70. The van der Waals surface area contributed by atoms with Crippen LogP contribution >= 0.6 is 24.8 Å². The van der Waals surface area contributed by atoms with Gasteiger partial charge in [-0.25, -0.2) is 4.39 Å². The fourth-order valence-corrected chi connectivity index (χ4v) is 1.12. The van der Waals surface area contributed by atoms with E-state index in [1.165, 1.54) is 6.07 Å². The number of nitrogens with two attached hydrogens (primary N) is 1. The van der Waals surface area contributed by atoms with Crippen LogP contribution < -0.4 is 5.73 Å². The number of aromatic nitrogens is 1. The topological polar surface area (TPSA) is 38.9 Å². The van der Waals surface area contributed by atoms with Gasteiger partial charge in [-0.15, -0.1) is 24.8 Å². The lowest BCUT2D eigenvalue weighted by atomic mass is 10.2. The Morgan fingerprint density at radius 3 is 2.46 bits per heavy atom. The molecule has 2 rings (SSSR count). The van der Waals surface area contributed by atoms with E-state index in [1.807, 2.05) is 0 Å².